The lowest BCUT2D eigenvalue weighted by Crippen LogP contribution is -2.29. The van der Waals surface area contributed by atoms with E-state index in [0.717, 1.165) is 11.4 Å². The van der Waals surface area contributed by atoms with E-state index in [0.29, 0.717) is 6.54 Å². The second kappa shape index (κ2) is 4.77. The minimum atomic E-state index is -0.782. The molecule has 0 aliphatic rings. The summed E-state index contributed by atoms with van der Waals surface area (Å²) in [6, 6.07) is 3.83. The molecule has 1 N–H and O–H groups in total. The lowest BCUT2D eigenvalue weighted by Gasteiger charge is -2.21. The second-order valence-electron chi connectivity index (χ2n) is 3.76. The number of aromatic nitrogens is 1. The van der Waals surface area contributed by atoms with Gasteiger partial charge in [-0.15, -0.1) is 0 Å². The van der Waals surface area contributed by atoms with E-state index in [1.807, 2.05) is 31.0 Å². The number of nitrogens with zero attached hydrogens (tertiary/aromatic N) is 2. The van der Waals surface area contributed by atoms with E-state index in [1.54, 1.807) is 13.1 Å². The number of carboxylic acid groups (broad SMARTS) is 1. The molecule has 4 heteroatoms. The van der Waals surface area contributed by atoms with Gasteiger partial charge in [-0.2, -0.15) is 0 Å². The summed E-state index contributed by atoms with van der Waals surface area (Å²) in [5.74, 6) is -0.336. The number of aliphatic carboxylic acids is 1. The molecule has 1 atom stereocenters. The van der Waals surface area contributed by atoms with Crippen LogP contribution in [-0.4, -0.2) is 29.7 Å². The number of aryl methyl sites for hydroxylation is 1. The van der Waals surface area contributed by atoms with Crippen molar-refractivity contribution in [2.24, 2.45) is 5.92 Å². The van der Waals surface area contributed by atoms with Crippen LogP contribution in [0, 0.1) is 12.8 Å². The van der Waals surface area contributed by atoms with Crippen LogP contribution < -0.4 is 4.90 Å². The van der Waals surface area contributed by atoms with Crippen LogP contribution in [0.4, 0.5) is 5.82 Å². The highest BCUT2D eigenvalue weighted by molar-refractivity contribution is 5.70. The van der Waals surface area contributed by atoms with Crippen molar-refractivity contribution < 1.29 is 9.90 Å². The third-order valence-corrected chi connectivity index (χ3v) is 2.31. The summed E-state index contributed by atoms with van der Waals surface area (Å²) >= 11 is 0. The van der Waals surface area contributed by atoms with Crippen molar-refractivity contribution >= 4 is 11.8 Å². The predicted octanol–water partition coefficient (Wildman–Crippen LogP) is 1.55. The number of anilines is 1. The van der Waals surface area contributed by atoms with Crippen LogP contribution in [0.1, 0.15) is 12.5 Å². The van der Waals surface area contributed by atoms with Gasteiger partial charge in [0, 0.05) is 19.8 Å². The molecule has 0 saturated carbocycles. The van der Waals surface area contributed by atoms with Crippen LogP contribution in [-0.2, 0) is 4.79 Å². The average molecular weight is 208 g/mol. The molecule has 4 nitrogen and oxygen atoms in total. The lowest BCUT2D eigenvalue weighted by atomic mass is 10.1. The maximum absolute atomic E-state index is 10.7. The predicted molar refractivity (Wildman–Crippen MR) is 59.0 cm³/mol. The third-order valence-electron chi connectivity index (χ3n) is 2.31. The van der Waals surface area contributed by atoms with Gasteiger partial charge in [-0.05, 0) is 18.6 Å². The fourth-order valence-electron chi connectivity index (χ4n) is 1.45. The Hall–Kier alpha value is -1.58. The first-order valence-electron chi connectivity index (χ1n) is 4.88. The van der Waals surface area contributed by atoms with Gasteiger partial charge in [0.1, 0.15) is 5.82 Å². The van der Waals surface area contributed by atoms with Crippen molar-refractivity contribution in [1.29, 1.82) is 0 Å². The molecule has 1 aromatic heterocycles. The normalized spacial score (nSPS) is 12.2. The number of pyridine rings is 1. The molecule has 1 heterocycles. The topological polar surface area (TPSA) is 53.4 Å². The molecule has 0 amide bonds. The molecule has 0 spiro atoms. The van der Waals surface area contributed by atoms with Crippen molar-refractivity contribution in [3.8, 4) is 0 Å². The van der Waals surface area contributed by atoms with Crippen molar-refractivity contribution in [3.05, 3.63) is 23.9 Å². The molecule has 0 aromatic carbocycles. The molecule has 82 valence electrons. The summed E-state index contributed by atoms with van der Waals surface area (Å²) in [4.78, 5) is 16.8. The quantitative estimate of drug-likeness (QED) is 0.815. The molecular formula is C11H16N2O2. The monoisotopic (exact) mass is 208 g/mol. The Labute approximate surface area is 89.6 Å². The van der Waals surface area contributed by atoms with Crippen molar-refractivity contribution in [2.75, 3.05) is 18.5 Å². The molecule has 0 fully saturated rings. The van der Waals surface area contributed by atoms with Crippen molar-refractivity contribution in [2.45, 2.75) is 13.8 Å². The molecule has 1 rings (SSSR count). The Balaban J connectivity index is 2.73. The molecule has 0 saturated heterocycles. The van der Waals surface area contributed by atoms with Gasteiger partial charge in [0.15, 0.2) is 0 Å². The Morgan fingerprint density at radius 2 is 2.33 bits per heavy atom. The highest BCUT2D eigenvalue weighted by Gasteiger charge is 2.15. The van der Waals surface area contributed by atoms with Crippen molar-refractivity contribution in [3.63, 3.8) is 0 Å². The minimum absolute atomic E-state index is 0.392. The maximum atomic E-state index is 10.7. The first kappa shape index (κ1) is 11.5. The maximum Gasteiger partial charge on any atom is 0.308 e. The molecule has 0 aliphatic heterocycles. The second-order valence-corrected chi connectivity index (χ2v) is 3.76. The zero-order valence-electron chi connectivity index (χ0n) is 9.27. The fraction of sp³-hybridized carbons (Fsp3) is 0.455. The molecule has 0 aliphatic carbocycles. The van der Waals surface area contributed by atoms with Crippen LogP contribution >= 0.6 is 0 Å². The summed E-state index contributed by atoms with van der Waals surface area (Å²) in [5, 5.41) is 8.80. The molecule has 1 aromatic rings. The van der Waals surface area contributed by atoms with E-state index >= 15 is 0 Å². The van der Waals surface area contributed by atoms with Crippen LogP contribution in [0.5, 0.6) is 0 Å². The molecular weight excluding hydrogens is 192 g/mol. The first-order chi connectivity index (χ1) is 7.02. The van der Waals surface area contributed by atoms with Crippen LogP contribution in [0.3, 0.4) is 0 Å². The number of rotatable bonds is 4. The zero-order chi connectivity index (χ0) is 11.4. The third kappa shape index (κ3) is 2.94. The standard InChI is InChI=1S/C11H16N2O2/c1-8-5-4-6-12-10(8)13(3)7-9(2)11(14)15/h4-6,9H,7H2,1-3H3,(H,14,15). The van der Waals surface area contributed by atoms with Gasteiger partial charge < -0.3 is 10.0 Å². The smallest absolute Gasteiger partial charge is 0.308 e. The molecule has 1 unspecified atom stereocenters. The van der Waals surface area contributed by atoms with E-state index < -0.39 is 11.9 Å². The molecule has 0 bridgehead atoms. The van der Waals surface area contributed by atoms with E-state index in [-0.39, 0.29) is 0 Å². The Morgan fingerprint density at radius 1 is 1.67 bits per heavy atom. The van der Waals surface area contributed by atoms with E-state index in [2.05, 4.69) is 4.98 Å². The van der Waals surface area contributed by atoms with Gasteiger partial charge in [0.2, 0.25) is 0 Å². The van der Waals surface area contributed by atoms with Gasteiger partial charge in [-0.1, -0.05) is 13.0 Å². The van der Waals surface area contributed by atoms with Gasteiger partial charge in [0.25, 0.3) is 0 Å². The summed E-state index contributed by atoms with van der Waals surface area (Å²) < 4.78 is 0. The summed E-state index contributed by atoms with van der Waals surface area (Å²) in [6.07, 6.45) is 1.71. The van der Waals surface area contributed by atoms with E-state index in [1.165, 1.54) is 0 Å². The number of carbonyl (C=O) groups is 1. The zero-order valence-corrected chi connectivity index (χ0v) is 9.27. The number of hydrogen-bond donors (Lipinski definition) is 1. The fourth-order valence-corrected chi connectivity index (χ4v) is 1.45. The summed E-state index contributed by atoms with van der Waals surface area (Å²) in [7, 11) is 1.86. The Bertz CT molecular complexity index is 352. The van der Waals surface area contributed by atoms with E-state index in [9.17, 15) is 4.79 Å². The number of hydrogen-bond acceptors (Lipinski definition) is 3. The van der Waals surface area contributed by atoms with Crippen LogP contribution in [0.25, 0.3) is 0 Å². The summed E-state index contributed by atoms with van der Waals surface area (Å²) in [5.41, 5.74) is 1.05. The van der Waals surface area contributed by atoms with Crippen molar-refractivity contribution in [1.82, 2.24) is 4.98 Å². The van der Waals surface area contributed by atoms with Gasteiger partial charge >= 0.3 is 5.97 Å². The average Bonchev–Trinajstić information content (AvgIpc) is 2.18. The van der Waals surface area contributed by atoms with Gasteiger partial charge in [-0.25, -0.2) is 4.98 Å². The van der Waals surface area contributed by atoms with Gasteiger partial charge in [-0.3, -0.25) is 4.79 Å². The minimum Gasteiger partial charge on any atom is -0.481 e. The Morgan fingerprint density at radius 3 is 2.87 bits per heavy atom. The highest BCUT2D eigenvalue weighted by Crippen LogP contribution is 2.15. The first-order valence-corrected chi connectivity index (χ1v) is 4.88. The molecule has 0 radical (unpaired) electrons. The molecule has 15 heavy (non-hydrogen) atoms. The Kier molecular flexibility index (Phi) is 3.66. The SMILES string of the molecule is Cc1cccnc1N(C)CC(C)C(=O)O. The van der Waals surface area contributed by atoms with Gasteiger partial charge in [0.05, 0.1) is 5.92 Å². The lowest BCUT2D eigenvalue weighted by molar-refractivity contribution is -0.140. The van der Waals surface area contributed by atoms with Crippen LogP contribution in [0.2, 0.25) is 0 Å². The summed E-state index contributed by atoms with van der Waals surface area (Å²) in [6.45, 7) is 4.12. The van der Waals surface area contributed by atoms with Crippen LogP contribution in [0.15, 0.2) is 18.3 Å². The van der Waals surface area contributed by atoms with E-state index in [4.69, 9.17) is 5.11 Å². The highest BCUT2D eigenvalue weighted by atomic mass is 16.4. The largest absolute Gasteiger partial charge is 0.481 e. The number of carboxylic acids is 1.